The maximum absolute atomic E-state index is 14.5. The molecule has 0 radical (unpaired) electrons. The van der Waals surface area contributed by atoms with Crippen molar-refractivity contribution < 1.29 is 15.6 Å². The second kappa shape index (κ2) is 31.8. The van der Waals surface area contributed by atoms with Gasteiger partial charge in [0.15, 0.2) is 0 Å². The zero-order chi connectivity index (χ0) is 91.8. The van der Waals surface area contributed by atoms with Gasteiger partial charge in [0.05, 0.1) is 6.85 Å². The number of anilines is 9. The lowest BCUT2D eigenvalue weighted by Crippen LogP contribution is -2.55. The van der Waals surface area contributed by atoms with Crippen molar-refractivity contribution in [3.63, 3.8) is 0 Å². The summed E-state index contributed by atoms with van der Waals surface area (Å²) in [6.45, 7) is 1.85. The molecule has 0 atom stereocenters. The normalized spacial score (nSPS) is 26.2. The largest absolute Gasteiger partial charge is 0.310 e. The molecule has 3 nitrogen and oxygen atoms in total. The number of fused-ring (bicyclic) bond motifs is 9. The fraction of sp³-hybridized carbons (Fsp3) is 0.244. The molecule has 12 saturated carbocycles. The molecule has 0 amide bonds. The highest BCUT2D eigenvalue weighted by molar-refractivity contribution is 5.92. The number of rotatable bonds is 13. The van der Waals surface area contributed by atoms with Gasteiger partial charge in [-0.05, 0) is 418 Å². The molecule has 0 heterocycles. The SMILES string of the molecule is Cc1cc(N(c2ccc(-c3ccccc3)cc2)c2ccc3c(c2)-c2ccccc2C32C3CC4CC(C3)CC2C4)ccc1F.Fc1ccc(N(c2ccc(-c3ccccc3)cc2)c2ccc3c(c2)-c2ccccc2C32C3CC4CC(C3)CC2C4)cc1.[2H]c1c([2H])c([2H])c(-c2ccc(N(c3ccc(-c4ccccc4)cc3)c3ccc4c(c3)-c3ccccc3C43C4CC5CC(C4)CC3C5)cc2)c([2H])c1[2H]. The lowest BCUT2D eigenvalue weighted by Gasteiger charge is -2.61. The first-order chi connectivity index (χ1) is 67.1. The van der Waals surface area contributed by atoms with E-state index in [0.29, 0.717) is 23.0 Å². The average molecular weight is 1720 g/mol. The van der Waals surface area contributed by atoms with E-state index in [9.17, 15) is 8.78 Å². The summed E-state index contributed by atoms with van der Waals surface area (Å²) in [7, 11) is 0. The summed E-state index contributed by atoms with van der Waals surface area (Å²) in [5.41, 5.74) is 36.0. The minimum Gasteiger partial charge on any atom is -0.310 e. The van der Waals surface area contributed by atoms with Crippen LogP contribution in [0.3, 0.4) is 0 Å². The molecular weight excluding hydrogens is 1610 g/mol. The highest BCUT2D eigenvalue weighted by Crippen LogP contribution is 2.74. The molecule has 5 heteroatoms. The summed E-state index contributed by atoms with van der Waals surface area (Å²) in [5.74, 6) is 9.52. The van der Waals surface area contributed by atoms with E-state index < -0.39 is 0 Å². The van der Waals surface area contributed by atoms with E-state index in [1.807, 2.05) is 67.6 Å². The third-order valence-corrected chi connectivity index (χ3v) is 34.5. The molecule has 0 saturated heterocycles. The quantitative estimate of drug-likeness (QED) is 0.114. The number of benzene rings is 16. The fourth-order valence-electron chi connectivity index (χ4n) is 30.0. The Hall–Kier alpha value is -13.2. The predicted molar refractivity (Wildman–Crippen MR) is 540 cm³/mol. The first-order valence-corrected chi connectivity index (χ1v) is 48.9. The Balaban J connectivity index is 0.000000107. The van der Waals surface area contributed by atoms with E-state index in [2.05, 4.69) is 294 Å². The zero-order valence-electron chi connectivity index (χ0n) is 79.7. The van der Waals surface area contributed by atoms with Gasteiger partial charge in [-0.2, -0.15) is 0 Å². The van der Waals surface area contributed by atoms with Crippen molar-refractivity contribution in [1.82, 2.24) is 0 Å². The van der Waals surface area contributed by atoms with E-state index in [1.54, 1.807) is 40.5 Å². The van der Waals surface area contributed by atoms with Crippen molar-refractivity contribution in [2.24, 2.45) is 71.0 Å². The minimum absolute atomic E-state index is 0.103. The van der Waals surface area contributed by atoms with E-state index in [1.165, 1.54) is 169 Å². The maximum atomic E-state index is 14.5. The van der Waals surface area contributed by atoms with Gasteiger partial charge in [0, 0.05) is 67.4 Å². The zero-order valence-corrected chi connectivity index (χ0v) is 74.7. The van der Waals surface area contributed by atoms with Crippen LogP contribution in [0.4, 0.5) is 60.0 Å². The third-order valence-electron chi connectivity index (χ3n) is 34.5. The molecule has 12 bridgehead atoms. The average Bonchev–Trinajstić information content (AvgIpc) is 1.55. The van der Waals surface area contributed by atoms with Crippen LogP contribution in [0.1, 0.15) is 142 Å². The molecule has 0 N–H and O–H groups in total. The Morgan fingerprint density at radius 2 is 0.455 bits per heavy atom. The van der Waals surface area contributed by atoms with E-state index in [-0.39, 0.29) is 63.7 Å². The van der Waals surface area contributed by atoms with Gasteiger partial charge < -0.3 is 14.7 Å². The summed E-state index contributed by atoms with van der Waals surface area (Å²) < 4.78 is 70.2. The van der Waals surface area contributed by atoms with Crippen LogP contribution in [0, 0.1) is 89.6 Å². The third kappa shape index (κ3) is 12.8. The summed E-state index contributed by atoms with van der Waals surface area (Å²) in [4.78, 5) is 6.86. The molecule has 0 aromatic heterocycles. The Kier molecular flexibility index (Phi) is 17.9. The van der Waals surface area contributed by atoms with Crippen molar-refractivity contribution in [1.29, 1.82) is 0 Å². The number of aryl methyl sites for hydroxylation is 1. The highest BCUT2D eigenvalue weighted by atomic mass is 19.1. The predicted octanol–water partition coefficient (Wildman–Crippen LogP) is 33.9. The van der Waals surface area contributed by atoms with Gasteiger partial charge in [-0.1, -0.05) is 261 Å². The molecule has 12 fully saturated rings. The lowest BCUT2D eigenvalue weighted by molar-refractivity contribution is -0.0399. The van der Waals surface area contributed by atoms with Crippen molar-refractivity contribution >= 4 is 51.2 Å². The molecule has 16 aromatic carbocycles. The van der Waals surface area contributed by atoms with Crippen LogP contribution in [0.25, 0.3) is 77.9 Å². The van der Waals surface area contributed by atoms with Crippen LogP contribution in [-0.4, -0.2) is 0 Å². The number of hydrogen-bond donors (Lipinski definition) is 0. The summed E-state index contributed by atoms with van der Waals surface area (Å²) in [5, 5.41) is 0. The minimum atomic E-state index is -0.380. The molecule has 646 valence electrons. The van der Waals surface area contributed by atoms with Crippen LogP contribution < -0.4 is 14.7 Å². The van der Waals surface area contributed by atoms with Crippen LogP contribution in [0.15, 0.2) is 388 Å². The second-order valence-electron chi connectivity index (χ2n) is 41.0. The van der Waals surface area contributed by atoms with E-state index in [4.69, 9.17) is 6.85 Å². The Bertz CT molecular complexity index is 7290. The highest BCUT2D eigenvalue weighted by Gasteiger charge is 2.65. The molecular formula is C127H109F2N3. The van der Waals surface area contributed by atoms with Crippen LogP contribution in [0.2, 0.25) is 0 Å². The topological polar surface area (TPSA) is 9.72 Å². The summed E-state index contributed by atoms with van der Waals surface area (Å²) in [6, 6.07) is 126. The number of hydrogen-bond acceptors (Lipinski definition) is 3. The maximum Gasteiger partial charge on any atom is 0.126 e. The van der Waals surface area contributed by atoms with Crippen molar-refractivity contribution in [3.05, 3.63) is 439 Å². The Morgan fingerprint density at radius 3 is 0.758 bits per heavy atom. The monoisotopic (exact) mass is 1720 g/mol. The number of halogens is 2. The van der Waals surface area contributed by atoms with Gasteiger partial charge in [0.2, 0.25) is 0 Å². The van der Waals surface area contributed by atoms with Crippen molar-refractivity contribution in [3.8, 4) is 77.9 Å². The summed E-state index contributed by atoms with van der Waals surface area (Å²) >= 11 is 0. The smallest absolute Gasteiger partial charge is 0.126 e. The van der Waals surface area contributed by atoms with E-state index in [0.717, 1.165) is 116 Å². The summed E-state index contributed by atoms with van der Waals surface area (Å²) in [6.07, 6.45) is 20.9. The second-order valence-corrected chi connectivity index (χ2v) is 41.0. The molecule has 15 aliphatic rings. The first-order valence-electron chi connectivity index (χ1n) is 51.4. The van der Waals surface area contributed by atoms with Gasteiger partial charge >= 0.3 is 0 Å². The van der Waals surface area contributed by atoms with Crippen LogP contribution in [0.5, 0.6) is 0 Å². The van der Waals surface area contributed by atoms with Crippen LogP contribution >= 0.6 is 0 Å². The molecule has 0 unspecified atom stereocenters. The molecule has 3 spiro atoms. The Labute approximate surface area is 783 Å². The fourth-order valence-corrected chi connectivity index (χ4v) is 30.0. The molecule has 31 rings (SSSR count). The molecule has 15 aliphatic carbocycles. The molecule has 16 aromatic rings. The van der Waals surface area contributed by atoms with Crippen molar-refractivity contribution in [2.45, 2.75) is 119 Å². The van der Waals surface area contributed by atoms with Gasteiger partial charge in [-0.25, -0.2) is 8.78 Å². The van der Waals surface area contributed by atoms with Gasteiger partial charge in [0.25, 0.3) is 0 Å². The first kappa shape index (κ1) is 74.4. The lowest BCUT2D eigenvalue weighted by atomic mass is 9.43. The number of nitrogens with zero attached hydrogens (tertiary/aromatic N) is 3. The Morgan fingerprint density at radius 1 is 0.220 bits per heavy atom. The van der Waals surface area contributed by atoms with Crippen molar-refractivity contribution in [2.75, 3.05) is 14.7 Å². The van der Waals surface area contributed by atoms with Gasteiger partial charge in [-0.3, -0.25) is 0 Å². The standard InChI is InChI=1S/C46H39N.C41H36FN.C40H34FN/c1-3-9-33(10-4-1)35-15-19-39(20-16-35)47(40-21-17-36(18-22-40)34-11-5-2-6-12-34)41-23-24-45-43(30-41)42-13-7-8-14-44(42)46(45)37-26-31-25-32(28-37)29-38(46)27-31;1-26-19-34(16-18-40(26)42)43(33-13-11-30(12-14-33)29-7-3-2-4-8-29)35-15-17-39-37(25-35)36-9-5-6-10-38(36)41(39)31-21-27-20-28(23-31)24-32(41)22-27;41-32-12-16-34(17-13-32)42(33-14-10-29(11-15-33)28-6-2-1-3-7-28)35-18-19-39-37(25-35)36-8-4-5-9-38(36)40(39)30-21-26-20-27(23-30)24-31(40)22-26/h1-24,30-32,37-38H,25-29H2;2-19,25,27-28,31-32H,20-24H2,1H3;1-19,25-27,30-31H,20-24H2/i1D,3D,4D,9D,10D;;. The molecule has 0 aliphatic heterocycles. The van der Waals surface area contributed by atoms with Crippen LogP contribution in [-0.2, 0) is 16.2 Å². The van der Waals surface area contributed by atoms with Gasteiger partial charge in [0.1, 0.15) is 11.6 Å². The van der Waals surface area contributed by atoms with E-state index >= 15 is 0 Å². The molecule has 132 heavy (non-hydrogen) atoms. The van der Waals surface area contributed by atoms with Gasteiger partial charge in [-0.15, -0.1) is 0 Å².